The van der Waals surface area contributed by atoms with Crippen LogP contribution in [0.5, 0.6) is 11.5 Å². The molecular weight excluding hydrogens is 320 g/mol. The van der Waals surface area contributed by atoms with Crippen LogP contribution in [0.4, 0.5) is 0 Å². The number of ether oxygens (including phenoxy) is 2. The minimum Gasteiger partial charge on any atom is -0.497 e. The van der Waals surface area contributed by atoms with E-state index in [1.165, 1.54) is 0 Å². The number of fused-ring (bicyclic) bond motifs is 1. The number of carbonyl (C=O) groups excluding carboxylic acids is 1. The summed E-state index contributed by atoms with van der Waals surface area (Å²) in [5.41, 5.74) is 1.61. The van der Waals surface area contributed by atoms with E-state index in [-0.39, 0.29) is 11.9 Å². The molecule has 102 valence electrons. The van der Waals surface area contributed by atoms with Gasteiger partial charge in [0.15, 0.2) is 5.78 Å². The quantitative estimate of drug-likeness (QED) is 0.828. The Labute approximate surface area is 125 Å². The highest BCUT2D eigenvalue weighted by Gasteiger charge is 2.28. The van der Waals surface area contributed by atoms with Gasteiger partial charge in [0.25, 0.3) is 0 Å². The minimum absolute atomic E-state index is 0.0962. The fourth-order valence-electron chi connectivity index (χ4n) is 2.32. The van der Waals surface area contributed by atoms with E-state index in [9.17, 15) is 4.79 Å². The van der Waals surface area contributed by atoms with Gasteiger partial charge < -0.3 is 9.47 Å². The summed E-state index contributed by atoms with van der Waals surface area (Å²) in [6, 6.07) is 13.1. The SMILES string of the molecule is COc1ccc2c(c1)OC(c1cccc(Br)c1)CC2=O. The molecule has 0 bridgehead atoms. The predicted octanol–water partition coefficient (Wildman–Crippen LogP) is 4.16. The number of Topliss-reactive ketones (excluding diaryl/α,β-unsaturated/α-hetero) is 1. The highest BCUT2D eigenvalue weighted by Crippen LogP contribution is 2.37. The molecule has 1 aliphatic heterocycles. The van der Waals surface area contributed by atoms with E-state index in [0.29, 0.717) is 23.5 Å². The van der Waals surface area contributed by atoms with Gasteiger partial charge in [0.1, 0.15) is 17.6 Å². The number of benzene rings is 2. The molecule has 0 saturated carbocycles. The first-order valence-electron chi connectivity index (χ1n) is 6.31. The molecule has 3 nitrogen and oxygen atoms in total. The summed E-state index contributed by atoms with van der Waals surface area (Å²) in [7, 11) is 1.60. The van der Waals surface area contributed by atoms with Crippen molar-refractivity contribution in [2.75, 3.05) is 7.11 Å². The summed E-state index contributed by atoms with van der Waals surface area (Å²) in [5.74, 6) is 1.37. The van der Waals surface area contributed by atoms with E-state index in [4.69, 9.17) is 9.47 Å². The summed E-state index contributed by atoms with van der Waals surface area (Å²) >= 11 is 3.44. The van der Waals surface area contributed by atoms with Crippen LogP contribution in [-0.2, 0) is 0 Å². The number of methoxy groups -OCH3 is 1. The first-order valence-corrected chi connectivity index (χ1v) is 7.10. The van der Waals surface area contributed by atoms with Crippen LogP contribution in [0.15, 0.2) is 46.9 Å². The van der Waals surface area contributed by atoms with Crippen molar-refractivity contribution in [3.05, 3.63) is 58.1 Å². The van der Waals surface area contributed by atoms with Crippen LogP contribution in [0, 0.1) is 0 Å². The lowest BCUT2D eigenvalue weighted by atomic mass is 9.96. The maximum absolute atomic E-state index is 12.2. The summed E-state index contributed by atoms with van der Waals surface area (Å²) in [6.07, 6.45) is 0.107. The van der Waals surface area contributed by atoms with Gasteiger partial charge >= 0.3 is 0 Å². The zero-order valence-corrected chi connectivity index (χ0v) is 12.5. The van der Waals surface area contributed by atoms with Crippen LogP contribution in [0.3, 0.4) is 0 Å². The van der Waals surface area contributed by atoms with Crippen molar-refractivity contribution < 1.29 is 14.3 Å². The van der Waals surface area contributed by atoms with Crippen LogP contribution in [0.2, 0.25) is 0 Å². The molecular formula is C16H13BrO3. The molecule has 20 heavy (non-hydrogen) atoms. The Bertz CT molecular complexity index is 667. The predicted molar refractivity (Wildman–Crippen MR) is 79.5 cm³/mol. The van der Waals surface area contributed by atoms with Crippen molar-refractivity contribution in [2.45, 2.75) is 12.5 Å². The first kappa shape index (κ1) is 13.2. The Morgan fingerprint density at radius 1 is 1.25 bits per heavy atom. The molecule has 1 heterocycles. The van der Waals surface area contributed by atoms with E-state index in [1.807, 2.05) is 24.3 Å². The van der Waals surface area contributed by atoms with Crippen LogP contribution in [0.25, 0.3) is 0 Å². The third-order valence-corrected chi connectivity index (χ3v) is 3.84. The maximum Gasteiger partial charge on any atom is 0.170 e. The molecule has 1 atom stereocenters. The molecule has 2 aromatic rings. The molecule has 3 rings (SSSR count). The smallest absolute Gasteiger partial charge is 0.170 e. The van der Waals surface area contributed by atoms with Crippen LogP contribution in [-0.4, -0.2) is 12.9 Å². The molecule has 2 aromatic carbocycles. The molecule has 1 aliphatic rings. The number of rotatable bonds is 2. The van der Waals surface area contributed by atoms with Gasteiger partial charge in [-0.1, -0.05) is 28.1 Å². The van der Waals surface area contributed by atoms with Crippen LogP contribution < -0.4 is 9.47 Å². The van der Waals surface area contributed by atoms with E-state index in [1.54, 1.807) is 25.3 Å². The fraction of sp³-hybridized carbons (Fsp3) is 0.188. The number of carbonyl (C=O) groups is 1. The lowest BCUT2D eigenvalue weighted by Gasteiger charge is -2.26. The van der Waals surface area contributed by atoms with Crippen LogP contribution >= 0.6 is 15.9 Å². The lowest BCUT2D eigenvalue weighted by Crippen LogP contribution is -2.20. The summed E-state index contributed by atoms with van der Waals surface area (Å²) in [5, 5.41) is 0. The van der Waals surface area contributed by atoms with Gasteiger partial charge in [-0.15, -0.1) is 0 Å². The second-order valence-electron chi connectivity index (χ2n) is 4.65. The topological polar surface area (TPSA) is 35.5 Å². The minimum atomic E-state index is -0.250. The van der Waals surface area contributed by atoms with Gasteiger partial charge in [-0.25, -0.2) is 0 Å². The molecule has 0 N–H and O–H groups in total. The summed E-state index contributed by atoms with van der Waals surface area (Å²) in [4.78, 5) is 12.2. The number of ketones is 1. The van der Waals surface area contributed by atoms with Gasteiger partial charge in [0, 0.05) is 10.5 Å². The standard InChI is InChI=1S/C16H13BrO3/c1-19-12-5-6-13-14(18)9-15(20-16(13)8-12)10-3-2-4-11(17)7-10/h2-8,15H,9H2,1H3. The van der Waals surface area contributed by atoms with Crippen molar-refractivity contribution >= 4 is 21.7 Å². The average molecular weight is 333 g/mol. The zero-order chi connectivity index (χ0) is 14.1. The monoisotopic (exact) mass is 332 g/mol. The van der Waals surface area contributed by atoms with Crippen LogP contribution in [0.1, 0.15) is 28.4 Å². The van der Waals surface area contributed by atoms with E-state index in [2.05, 4.69) is 15.9 Å². The molecule has 4 heteroatoms. The van der Waals surface area contributed by atoms with Crippen molar-refractivity contribution in [2.24, 2.45) is 0 Å². The Morgan fingerprint density at radius 3 is 2.85 bits per heavy atom. The third-order valence-electron chi connectivity index (χ3n) is 3.35. The maximum atomic E-state index is 12.2. The highest BCUT2D eigenvalue weighted by atomic mass is 79.9. The van der Waals surface area contributed by atoms with Gasteiger partial charge in [0.2, 0.25) is 0 Å². The third kappa shape index (κ3) is 2.43. The Hall–Kier alpha value is -1.81. The second kappa shape index (κ2) is 5.29. The number of hydrogen-bond acceptors (Lipinski definition) is 3. The number of halogens is 1. The second-order valence-corrected chi connectivity index (χ2v) is 5.57. The fourth-order valence-corrected chi connectivity index (χ4v) is 2.74. The van der Waals surface area contributed by atoms with Crippen molar-refractivity contribution in [3.63, 3.8) is 0 Å². The molecule has 0 spiro atoms. The highest BCUT2D eigenvalue weighted by molar-refractivity contribution is 9.10. The normalized spacial score (nSPS) is 17.3. The van der Waals surface area contributed by atoms with E-state index >= 15 is 0 Å². The van der Waals surface area contributed by atoms with Crippen molar-refractivity contribution in [1.82, 2.24) is 0 Å². The molecule has 1 unspecified atom stereocenters. The molecule has 0 radical (unpaired) electrons. The summed E-state index contributed by atoms with van der Waals surface area (Å²) < 4.78 is 12.1. The average Bonchev–Trinajstić information content (AvgIpc) is 2.46. The molecule has 0 saturated heterocycles. The van der Waals surface area contributed by atoms with Gasteiger partial charge in [-0.05, 0) is 29.8 Å². The Kier molecular flexibility index (Phi) is 3.49. The summed E-state index contributed by atoms with van der Waals surface area (Å²) in [6.45, 7) is 0. The number of hydrogen-bond donors (Lipinski definition) is 0. The molecule has 0 amide bonds. The Balaban J connectivity index is 1.97. The van der Waals surface area contributed by atoms with Gasteiger partial charge in [-0.2, -0.15) is 0 Å². The van der Waals surface area contributed by atoms with E-state index in [0.717, 1.165) is 10.0 Å². The molecule has 0 fully saturated rings. The zero-order valence-electron chi connectivity index (χ0n) is 10.9. The molecule has 0 aliphatic carbocycles. The molecule has 0 aromatic heterocycles. The lowest BCUT2D eigenvalue weighted by molar-refractivity contribution is 0.0849. The Morgan fingerprint density at radius 2 is 2.10 bits per heavy atom. The largest absolute Gasteiger partial charge is 0.497 e. The van der Waals surface area contributed by atoms with E-state index < -0.39 is 0 Å². The van der Waals surface area contributed by atoms with Gasteiger partial charge in [-0.3, -0.25) is 4.79 Å². The van der Waals surface area contributed by atoms with Crippen molar-refractivity contribution in [3.8, 4) is 11.5 Å². The van der Waals surface area contributed by atoms with Gasteiger partial charge in [0.05, 0.1) is 19.1 Å². The van der Waals surface area contributed by atoms with Crippen molar-refractivity contribution in [1.29, 1.82) is 0 Å². The first-order chi connectivity index (χ1) is 9.67.